The third-order valence-electron chi connectivity index (χ3n) is 3.85. The van der Waals surface area contributed by atoms with Crippen LogP contribution in [0.2, 0.25) is 0 Å². The first-order valence-corrected chi connectivity index (χ1v) is 11.2. The summed E-state index contributed by atoms with van der Waals surface area (Å²) in [7, 11) is -4.06. The number of hydrogen-bond acceptors (Lipinski definition) is 6. The van der Waals surface area contributed by atoms with E-state index in [0.717, 1.165) is 11.8 Å². The Labute approximate surface area is 178 Å². The van der Waals surface area contributed by atoms with Gasteiger partial charge in [0, 0.05) is 11.8 Å². The second-order valence-corrected chi connectivity index (χ2v) is 8.49. The number of benzene rings is 2. The highest BCUT2D eigenvalue weighted by Gasteiger charge is 2.20. The number of carboxylic acids is 1. The Balaban J connectivity index is 2.04. The van der Waals surface area contributed by atoms with Crippen molar-refractivity contribution in [1.82, 2.24) is 4.98 Å². The summed E-state index contributed by atoms with van der Waals surface area (Å²) in [6, 6.07) is 17.5. The largest absolute Gasteiger partial charge is 0.494 e. The van der Waals surface area contributed by atoms with E-state index in [1.165, 1.54) is 30.5 Å². The van der Waals surface area contributed by atoms with Gasteiger partial charge in [-0.15, -0.1) is 0 Å². The van der Waals surface area contributed by atoms with Gasteiger partial charge < -0.3 is 9.84 Å². The van der Waals surface area contributed by atoms with Crippen LogP contribution in [0.25, 0.3) is 0 Å². The molecule has 7 nitrogen and oxygen atoms in total. The van der Waals surface area contributed by atoms with Crippen molar-refractivity contribution in [3.8, 4) is 5.75 Å². The molecule has 1 heterocycles. The maximum Gasteiger partial charge on any atom is 0.338 e. The van der Waals surface area contributed by atoms with Gasteiger partial charge in [-0.05, 0) is 55.1 Å². The first-order valence-electron chi connectivity index (χ1n) is 8.90. The van der Waals surface area contributed by atoms with Gasteiger partial charge in [0.25, 0.3) is 10.0 Å². The Kier molecular flexibility index (Phi) is 6.86. The summed E-state index contributed by atoms with van der Waals surface area (Å²) < 4.78 is 35.2. The number of nitrogens with zero attached hydrogens (tertiary/aromatic N) is 2. The van der Waals surface area contributed by atoms with E-state index in [9.17, 15) is 18.3 Å². The van der Waals surface area contributed by atoms with Crippen molar-refractivity contribution in [2.45, 2.75) is 16.8 Å². The zero-order valence-corrected chi connectivity index (χ0v) is 17.6. The molecule has 2 aromatic carbocycles. The summed E-state index contributed by atoms with van der Waals surface area (Å²) in [6.07, 6.45) is 1.44. The lowest BCUT2D eigenvalue weighted by molar-refractivity contribution is 0.0692. The number of thioether (sulfide) groups is 1. The van der Waals surface area contributed by atoms with E-state index >= 15 is 0 Å². The lowest BCUT2D eigenvalue weighted by Gasteiger charge is -2.09. The van der Waals surface area contributed by atoms with Crippen LogP contribution in [0.5, 0.6) is 5.75 Å². The van der Waals surface area contributed by atoms with Crippen molar-refractivity contribution < 1.29 is 23.1 Å². The first kappa shape index (κ1) is 21.5. The number of sulfonamides is 1. The molecule has 1 N–H and O–H groups in total. The van der Waals surface area contributed by atoms with Crippen molar-refractivity contribution in [2.24, 2.45) is 4.40 Å². The minimum atomic E-state index is -4.06. The second-order valence-electron chi connectivity index (χ2n) is 5.91. The fraction of sp³-hybridized carbons (Fsp3) is 0.0952. The summed E-state index contributed by atoms with van der Waals surface area (Å²) in [5, 5.41) is 9.67. The fourth-order valence-corrected chi connectivity index (χ4v) is 4.64. The zero-order chi connectivity index (χ0) is 21.6. The first-order chi connectivity index (χ1) is 14.4. The molecule has 0 atom stereocenters. The van der Waals surface area contributed by atoms with Crippen molar-refractivity contribution in [2.75, 3.05) is 6.61 Å². The number of aromatic nitrogens is 1. The third-order valence-corrected chi connectivity index (χ3v) is 6.30. The van der Waals surface area contributed by atoms with Crippen LogP contribution in [0.4, 0.5) is 0 Å². The minimum absolute atomic E-state index is 0.000497. The van der Waals surface area contributed by atoms with Crippen LogP contribution in [0.1, 0.15) is 22.8 Å². The molecule has 0 amide bonds. The number of hydrogen-bond donors (Lipinski definition) is 1. The van der Waals surface area contributed by atoms with Crippen molar-refractivity contribution in [3.05, 3.63) is 84.1 Å². The van der Waals surface area contributed by atoms with Crippen molar-refractivity contribution in [1.29, 1.82) is 0 Å². The van der Waals surface area contributed by atoms with E-state index in [2.05, 4.69) is 9.38 Å². The molecule has 154 valence electrons. The van der Waals surface area contributed by atoms with Crippen molar-refractivity contribution >= 4 is 32.8 Å². The van der Waals surface area contributed by atoms with E-state index < -0.39 is 16.0 Å². The number of rotatable bonds is 7. The molecule has 0 aliphatic carbocycles. The number of ether oxygens (including phenoxy) is 1. The quantitative estimate of drug-likeness (QED) is 0.333. The Morgan fingerprint density at radius 2 is 1.77 bits per heavy atom. The van der Waals surface area contributed by atoms with Crippen LogP contribution < -0.4 is 4.74 Å². The Hall–Kier alpha value is -3.17. The maximum absolute atomic E-state index is 12.9. The van der Waals surface area contributed by atoms with E-state index in [0.29, 0.717) is 17.9 Å². The molecule has 0 spiro atoms. The van der Waals surface area contributed by atoms with E-state index in [1.54, 1.807) is 42.5 Å². The lowest BCUT2D eigenvalue weighted by Crippen LogP contribution is -2.06. The van der Waals surface area contributed by atoms with Crippen LogP contribution in [0, 0.1) is 0 Å². The van der Waals surface area contributed by atoms with Gasteiger partial charge in [0.1, 0.15) is 15.8 Å². The molecule has 0 saturated heterocycles. The highest BCUT2D eigenvalue weighted by Crippen LogP contribution is 2.27. The highest BCUT2D eigenvalue weighted by atomic mass is 32.2. The lowest BCUT2D eigenvalue weighted by atomic mass is 10.2. The standard InChI is InChI=1S/C21H18N2O5S2/c1-2-28-16-10-12-17(13-11-16)30(26,27)23-19(15-7-4-3-5-8-15)29-20-18(21(24)25)9-6-14-22-20/h3-14H,2H2,1H3,(H,24,25). The molecule has 0 bridgehead atoms. The molecule has 9 heteroatoms. The minimum Gasteiger partial charge on any atom is -0.494 e. The molecule has 0 radical (unpaired) electrons. The van der Waals surface area contributed by atoms with Gasteiger partial charge in [0.05, 0.1) is 17.1 Å². The fourth-order valence-electron chi connectivity index (χ4n) is 2.47. The summed E-state index contributed by atoms with van der Waals surface area (Å²) in [5.74, 6) is -0.606. The second kappa shape index (κ2) is 9.55. The predicted molar refractivity (Wildman–Crippen MR) is 115 cm³/mol. The predicted octanol–water partition coefficient (Wildman–Crippen LogP) is 4.11. The molecule has 30 heavy (non-hydrogen) atoms. The van der Waals surface area contributed by atoms with Gasteiger partial charge in [-0.25, -0.2) is 9.78 Å². The molecular weight excluding hydrogens is 424 g/mol. The number of carbonyl (C=O) groups is 1. The normalized spacial score (nSPS) is 11.8. The van der Waals surface area contributed by atoms with Gasteiger partial charge >= 0.3 is 5.97 Å². The molecule has 0 fully saturated rings. The van der Waals surface area contributed by atoms with Crippen molar-refractivity contribution in [3.63, 3.8) is 0 Å². The van der Waals surface area contributed by atoms with Crippen LogP contribution >= 0.6 is 11.8 Å². The Morgan fingerprint density at radius 3 is 2.40 bits per heavy atom. The molecule has 0 aliphatic rings. The Bertz CT molecular complexity index is 1160. The monoisotopic (exact) mass is 442 g/mol. The van der Waals surface area contributed by atoms with Gasteiger partial charge in [0.2, 0.25) is 0 Å². The average Bonchev–Trinajstić information content (AvgIpc) is 2.74. The summed E-state index contributed by atoms with van der Waals surface area (Å²) >= 11 is 0.884. The molecule has 0 saturated carbocycles. The van der Waals surface area contributed by atoms with Crippen LogP contribution in [0.15, 0.2) is 87.2 Å². The van der Waals surface area contributed by atoms with E-state index in [-0.39, 0.29) is 20.5 Å². The van der Waals surface area contributed by atoms with Gasteiger partial charge in [-0.1, -0.05) is 30.3 Å². The van der Waals surface area contributed by atoms with Crippen LogP contribution in [-0.4, -0.2) is 36.1 Å². The van der Waals surface area contributed by atoms with Crippen LogP contribution in [0.3, 0.4) is 0 Å². The number of pyridine rings is 1. The van der Waals surface area contributed by atoms with E-state index in [1.807, 2.05) is 6.92 Å². The van der Waals surface area contributed by atoms with Gasteiger partial charge in [0.15, 0.2) is 0 Å². The number of carboxylic acid groups (broad SMARTS) is 1. The molecular formula is C21H18N2O5S2. The smallest absolute Gasteiger partial charge is 0.338 e. The molecule has 3 rings (SSSR count). The summed E-state index contributed by atoms with van der Waals surface area (Å²) in [6.45, 7) is 2.30. The van der Waals surface area contributed by atoms with Gasteiger partial charge in [-0.2, -0.15) is 12.8 Å². The zero-order valence-electron chi connectivity index (χ0n) is 15.9. The highest BCUT2D eigenvalue weighted by molar-refractivity contribution is 8.15. The molecule has 0 unspecified atom stereocenters. The molecule has 3 aromatic rings. The number of aromatic carboxylic acids is 1. The summed E-state index contributed by atoms with van der Waals surface area (Å²) in [4.78, 5) is 15.6. The van der Waals surface area contributed by atoms with E-state index in [4.69, 9.17) is 4.74 Å². The maximum atomic E-state index is 12.9. The molecule has 0 aliphatic heterocycles. The average molecular weight is 443 g/mol. The molecule has 1 aromatic heterocycles. The topological polar surface area (TPSA) is 106 Å². The van der Waals surface area contributed by atoms with Crippen LogP contribution in [-0.2, 0) is 10.0 Å². The SMILES string of the molecule is CCOc1ccc(S(=O)(=O)N=C(Sc2ncccc2C(=O)O)c2ccccc2)cc1. The summed E-state index contributed by atoms with van der Waals surface area (Å²) in [5.41, 5.74) is 0.489. The van der Waals surface area contributed by atoms with Gasteiger partial charge in [-0.3, -0.25) is 0 Å². The Morgan fingerprint density at radius 1 is 1.07 bits per heavy atom. The third kappa shape index (κ3) is 5.25.